The van der Waals surface area contributed by atoms with Gasteiger partial charge >= 0.3 is 5.97 Å². The van der Waals surface area contributed by atoms with Crippen LogP contribution in [0.1, 0.15) is 84.5 Å². The minimum Gasteiger partial charge on any atom is -0.451 e. The summed E-state index contributed by atoms with van der Waals surface area (Å²) in [5, 5.41) is 48.7. The molecule has 0 saturated heterocycles. The molecule has 6 atom stereocenters. The van der Waals surface area contributed by atoms with Gasteiger partial charge in [0.05, 0.1) is 18.6 Å². The van der Waals surface area contributed by atoms with Gasteiger partial charge in [0.15, 0.2) is 12.4 Å². The Morgan fingerprint density at radius 1 is 0.800 bits per heavy atom. The van der Waals surface area contributed by atoms with E-state index < -0.39 is 49.0 Å². The van der Waals surface area contributed by atoms with Crippen molar-refractivity contribution in [3.8, 4) is 0 Å². The number of aliphatic hydroxyl groups excluding tert-OH is 5. The van der Waals surface area contributed by atoms with Gasteiger partial charge in [0.25, 0.3) is 0 Å². The Kier molecular flexibility index (Phi) is 17.0. The van der Waals surface area contributed by atoms with E-state index in [1.807, 2.05) is 0 Å². The molecule has 0 aromatic rings. The summed E-state index contributed by atoms with van der Waals surface area (Å²) < 4.78 is 5.09. The number of hydrogen-bond acceptors (Lipinski definition) is 8. The highest BCUT2D eigenvalue weighted by atomic mass is 16.6. The van der Waals surface area contributed by atoms with Gasteiger partial charge in [-0.3, -0.25) is 9.59 Å². The van der Waals surface area contributed by atoms with Crippen LogP contribution in [0.3, 0.4) is 0 Å². The van der Waals surface area contributed by atoms with E-state index in [0.717, 1.165) is 57.8 Å². The van der Waals surface area contributed by atoms with Gasteiger partial charge in [-0.05, 0) is 12.8 Å². The Morgan fingerprint density at radius 3 is 1.87 bits per heavy atom. The first-order valence-corrected chi connectivity index (χ1v) is 11.3. The SMILES string of the molecule is CCCCCCCC(O)C(CCCCCC)C(=O)O[C@H](C=O)[C@@H](O)[C@H](O)[C@H](O)CO. The van der Waals surface area contributed by atoms with Crippen LogP contribution in [0.2, 0.25) is 0 Å². The third-order valence-electron chi connectivity index (χ3n) is 5.39. The fraction of sp³-hybridized carbons (Fsp3) is 0.909. The number of hydrogen-bond donors (Lipinski definition) is 5. The molecule has 0 heterocycles. The second-order valence-corrected chi connectivity index (χ2v) is 7.99. The molecule has 0 aliphatic rings. The molecule has 0 radical (unpaired) electrons. The summed E-state index contributed by atoms with van der Waals surface area (Å²) >= 11 is 0. The summed E-state index contributed by atoms with van der Waals surface area (Å²) in [6.07, 6.45) is 1.67. The van der Waals surface area contributed by atoms with Gasteiger partial charge in [-0.25, -0.2) is 0 Å². The van der Waals surface area contributed by atoms with E-state index in [2.05, 4.69) is 13.8 Å². The van der Waals surface area contributed by atoms with Gasteiger partial charge in [-0.2, -0.15) is 0 Å². The van der Waals surface area contributed by atoms with Crippen molar-refractivity contribution in [2.75, 3.05) is 6.61 Å². The highest BCUT2D eigenvalue weighted by Gasteiger charge is 2.36. The van der Waals surface area contributed by atoms with Crippen LogP contribution in [-0.2, 0) is 14.3 Å². The van der Waals surface area contributed by atoms with Gasteiger partial charge < -0.3 is 30.3 Å². The maximum atomic E-state index is 12.7. The molecule has 0 amide bonds. The van der Waals surface area contributed by atoms with Crippen LogP contribution in [0, 0.1) is 5.92 Å². The van der Waals surface area contributed by atoms with Crippen molar-refractivity contribution >= 4 is 12.3 Å². The van der Waals surface area contributed by atoms with E-state index in [9.17, 15) is 30.0 Å². The molecule has 30 heavy (non-hydrogen) atoms. The Labute approximate surface area is 180 Å². The summed E-state index contributed by atoms with van der Waals surface area (Å²) in [4.78, 5) is 24.0. The fourth-order valence-corrected chi connectivity index (χ4v) is 3.35. The normalized spacial score (nSPS) is 17.6. The summed E-state index contributed by atoms with van der Waals surface area (Å²) in [7, 11) is 0. The number of rotatable bonds is 19. The first-order chi connectivity index (χ1) is 14.3. The van der Waals surface area contributed by atoms with E-state index in [0.29, 0.717) is 12.8 Å². The molecule has 0 rings (SSSR count). The number of aldehydes is 1. The predicted molar refractivity (Wildman–Crippen MR) is 113 cm³/mol. The first-order valence-electron chi connectivity index (χ1n) is 11.3. The number of unbranched alkanes of at least 4 members (excludes halogenated alkanes) is 7. The van der Waals surface area contributed by atoms with Crippen LogP contribution in [0.5, 0.6) is 0 Å². The summed E-state index contributed by atoms with van der Waals surface area (Å²) in [5.74, 6) is -1.64. The lowest BCUT2D eigenvalue weighted by Gasteiger charge is -2.28. The zero-order valence-corrected chi connectivity index (χ0v) is 18.5. The van der Waals surface area contributed by atoms with Gasteiger partial charge in [-0.1, -0.05) is 71.6 Å². The van der Waals surface area contributed by atoms with Crippen LogP contribution in [0.25, 0.3) is 0 Å². The molecule has 0 aromatic heterocycles. The Balaban J connectivity index is 4.98. The quantitative estimate of drug-likeness (QED) is 0.117. The maximum Gasteiger partial charge on any atom is 0.312 e. The molecule has 0 fully saturated rings. The van der Waals surface area contributed by atoms with Crippen molar-refractivity contribution in [3.05, 3.63) is 0 Å². The number of carbonyl (C=O) groups excluding carboxylic acids is 2. The van der Waals surface area contributed by atoms with Crippen LogP contribution < -0.4 is 0 Å². The Hall–Kier alpha value is -1.06. The van der Waals surface area contributed by atoms with E-state index in [1.165, 1.54) is 0 Å². The van der Waals surface area contributed by atoms with Crippen LogP contribution in [0.4, 0.5) is 0 Å². The summed E-state index contributed by atoms with van der Waals surface area (Å²) in [6.45, 7) is 3.36. The third kappa shape index (κ3) is 11.4. The summed E-state index contributed by atoms with van der Waals surface area (Å²) in [5.41, 5.74) is 0. The van der Waals surface area contributed by atoms with Crippen LogP contribution in [-0.4, -0.2) is 74.9 Å². The van der Waals surface area contributed by atoms with Crippen molar-refractivity contribution in [1.82, 2.24) is 0 Å². The lowest BCUT2D eigenvalue weighted by Crippen LogP contribution is -2.48. The minimum absolute atomic E-state index is 0.168. The molecule has 8 nitrogen and oxygen atoms in total. The fourth-order valence-electron chi connectivity index (χ4n) is 3.35. The Morgan fingerprint density at radius 2 is 1.33 bits per heavy atom. The third-order valence-corrected chi connectivity index (χ3v) is 5.39. The zero-order valence-electron chi connectivity index (χ0n) is 18.5. The monoisotopic (exact) mass is 434 g/mol. The number of ether oxygens (including phenoxy) is 1. The van der Waals surface area contributed by atoms with Gasteiger partial charge in [-0.15, -0.1) is 0 Å². The van der Waals surface area contributed by atoms with Gasteiger partial charge in [0.2, 0.25) is 0 Å². The van der Waals surface area contributed by atoms with Crippen molar-refractivity contribution < 1.29 is 39.9 Å². The molecule has 178 valence electrons. The van der Waals surface area contributed by atoms with Gasteiger partial charge in [0.1, 0.15) is 18.3 Å². The lowest BCUT2D eigenvalue weighted by molar-refractivity contribution is -0.175. The van der Waals surface area contributed by atoms with E-state index >= 15 is 0 Å². The molecule has 0 aromatic carbocycles. The standard InChI is InChI=1S/C22H42O8/c1-3-5-7-9-11-13-17(25)16(12-10-8-6-4-2)22(29)30-19(15-24)21(28)20(27)18(26)14-23/h15-21,23,25-28H,3-14H2,1-2H3/t16?,17?,18-,19-,20-,21-/m1/s1. The number of esters is 1. The average Bonchev–Trinajstić information content (AvgIpc) is 2.75. The lowest BCUT2D eigenvalue weighted by atomic mass is 9.91. The molecular formula is C22H42O8. The predicted octanol–water partition coefficient (Wildman–Crippen LogP) is 1.48. The molecule has 0 aliphatic heterocycles. The van der Waals surface area contributed by atoms with Crippen molar-refractivity contribution in [2.24, 2.45) is 5.92 Å². The first kappa shape index (κ1) is 28.9. The maximum absolute atomic E-state index is 12.7. The average molecular weight is 435 g/mol. The highest BCUT2D eigenvalue weighted by Crippen LogP contribution is 2.22. The van der Waals surface area contributed by atoms with Crippen molar-refractivity contribution in [2.45, 2.75) is 115 Å². The van der Waals surface area contributed by atoms with Crippen LogP contribution >= 0.6 is 0 Å². The van der Waals surface area contributed by atoms with E-state index in [-0.39, 0.29) is 6.29 Å². The Bertz CT molecular complexity index is 445. The molecular weight excluding hydrogens is 392 g/mol. The van der Waals surface area contributed by atoms with E-state index in [1.54, 1.807) is 0 Å². The second kappa shape index (κ2) is 17.6. The molecule has 0 aliphatic carbocycles. The molecule has 0 saturated carbocycles. The van der Waals surface area contributed by atoms with Crippen molar-refractivity contribution in [1.29, 1.82) is 0 Å². The minimum atomic E-state index is -1.89. The van der Waals surface area contributed by atoms with Crippen LogP contribution in [0.15, 0.2) is 0 Å². The molecule has 2 unspecified atom stereocenters. The zero-order chi connectivity index (χ0) is 22.9. The molecule has 0 bridgehead atoms. The topological polar surface area (TPSA) is 145 Å². The largest absolute Gasteiger partial charge is 0.451 e. The molecule has 8 heteroatoms. The van der Waals surface area contributed by atoms with Gasteiger partial charge in [0, 0.05) is 0 Å². The summed E-state index contributed by atoms with van der Waals surface area (Å²) in [6, 6.07) is 0. The molecule has 5 N–H and O–H groups in total. The molecule has 0 spiro atoms. The second-order valence-electron chi connectivity index (χ2n) is 7.99. The highest BCUT2D eigenvalue weighted by molar-refractivity contribution is 5.75. The number of carbonyl (C=O) groups is 2. The smallest absolute Gasteiger partial charge is 0.312 e. The van der Waals surface area contributed by atoms with E-state index in [4.69, 9.17) is 9.84 Å². The number of aliphatic hydroxyl groups is 5. The van der Waals surface area contributed by atoms with Crippen molar-refractivity contribution in [3.63, 3.8) is 0 Å².